The summed E-state index contributed by atoms with van der Waals surface area (Å²) >= 11 is 0. The minimum Gasteiger partial charge on any atom is -0.328 e. The lowest BCUT2D eigenvalue weighted by atomic mass is 10.2. The molecule has 2 unspecified atom stereocenters. The van der Waals surface area contributed by atoms with Crippen molar-refractivity contribution < 1.29 is 0 Å². The van der Waals surface area contributed by atoms with Crippen molar-refractivity contribution in [3.05, 3.63) is 18.5 Å². The van der Waals surface area contributed by atoms with Gasteiger partial charge < -0.3 is 5.73 Å². The van der Waals surface area contributed by atoms with Gasteiger partial charge in [0.25, 0.3) is 0 Å². The SMILES string of the molecule is NC1CCC(n2[nH]nc3cnc4nccc4c32)C1. The van der Waals surface area contributed by atoms with Crippen molar-refractivity contribution in [2.45, 2.75) is 31.3 Å². The van der Waals surface area contributed by atoms with Crippen LogP contribution in [0.15, 0.2) is 18.5 Å². The molecule has 3 aromatic rings. The zero-order valence-electron chi connectivity index (χ0n) is 9.87. The molecule has 1 saturated carbocycles. The number of nitrogens with zero attached hydrogens (tertiary/aromatic N) is 4. The maximum Gasteiger partial charge on any atom is 0.161 e. The van der Waals surface area contributed by atoms with E-state index in [1.165, 1.54) is 0 Å². The van der Waals surface area contributed by atoms with Gasteiger partial charge in [-0.05, 0) is 25.3 Å². The molecule has 0 spiro atoms. The fraction of sp³-hybridized carbons (Fsp3) is 0.417. The fourth-order valence-electron chi connectivity index (χ4n) is 2.92. The van der Waals surface area contributed by atoms with Crippen molar-refractivity contribution in [2.75, 3.05) is 0 Å². The van der Waals surface area contributed by atoms with Gasteiger partial charge in [0, 0.05) is 17.6 Å². The summed E-state index contributed by atoms with van der Waals surface area (Å²) in [5.41, 5.74) is 8.75. The van der Waals surface area contributed by atoms with E-state index in [9.17, 15) is 0 Å². The Labute approximate surface area is 103 Å². The van der Waals surface area contributed by atoms with Crippen LogP contribution in [0.25, 0.3) is 22.1 Å². The van der Waals surface area contributed by atoms with Crippen LogP contribution in [0.1, 0.15) is 25.3 Å². The molecule has 6 nitrogen and oxygen atoms in total. The molecular formula is C12H14N6. The monoisotopic (exact) mass is 242 g/mol. The van der Waals surface area contributed by atoms with Crippen LogP contribution >= 0.6 is 0 Å². The summed E-state index contributed by atoms with van der Waals surface area (Å²) < 4.78 is 2.13. The van der Waals surface area contributed by atoms with E-state index in [2.05, 4.69) is 25.0 Å². The highest BCUT2D eigenvalue weighted by atomic mass is 15.4. The molecule has 1 fully saturated rings. The summed E-state index contributed by atoms with van der Waals surface area (Å²) in [5, 5.41) is 8.48. The highest BCUT2D eigenvalue weighted by Crippen LogP contribution is 2.32. The summed E-state index contributed by atoms with van der Waals surface area (Å²) in [6.07, 6.45) is 6.73. The molecule has 0 aliphatic heterocycles. The fourth-order valence-corrected chi connectivity index (χ4v) is 2.92. The van der Waals surface area contributed by atoms with Gasteiger partial charge in [-0.25, -0.2) is 15.2 Å². The average Bonchev–Trinajstić information content (AvgIpc) is 3.03. The van der Waals surface area contributed by atoms with E-state index >= 15 is 0 Å². The summed E-state index contributed by atoms with van der Waals surface area (Å²) in [4.78, 5) is 8.53. The lowest BCUT2D eigenvalue weighted by Crippen LogP contribution is -2.16. The van der Waals surface area contributed by atoms with Gasteiger partial charge in [-0.15, -0.1) is 0 Å². The highest BCUT2D eigenvalue weighted by Gasteiger charge is 2.25. The predicted octanol–water partition coefficient (Wildman–Crippen LogP) is 1.36. The first kappa shape index (κ1) is 10.0. The molecule has 18 heavy (non-hydrogen) atoms. The third-order valence-electron chi connectivity index (χ3n) is 3.82. The van der Waals surface area contributed by atoms with E-state index in [-0.39, 0.29) is 0 Å². The number of hydrogen-bond donors (Lipinski definition) is 2. The van der Waals surface area contributed by atoms with Crippen LogP contribution in [-0.2, 0) is 0 Å². The van der Waals surface area contributed by atoms with Crippen LogP contribution in [0.5, 0.6) is 0 Å². The summed E-state index contributed by atoms with van der Waals surface area (Å²) in [6.45, 7) is 0. The van der Waals surface area contributed by atoms with Gasteiger partial charge in [0.05, 0.1) is 17.8 Å². The molecule has 3 aromatic heterocycles. The zero-order chi connectivity index (χ0) is 12.1. The van der Waals surface area contributed by atoms with Gasteiger partial charge in [0.1, 0.15) is 5.52 Å². The first-order valence-corrected chi connectivity index (χ1v) is 6.24. The number of aromatic amines is 1. The number of H-pyrrole nitrogens is 1. The van der Waals surface area contributed by atoms with Gasteiger partial charge in [-0.3, -0.25) is 4.68 Å². The molecule has 2 atom stereocenters. The Bertz CT molecular complexity index is 712. The molecule has 0 saturated heterocycles. The highest BCUT2D eigenvalue weighted by molar-refractivity contribution is 6.00. The summed E-state index contributed by atoms with van der Waals surface area (Å²) in [5.74, 6) is 0. The Morgan fingerprint density at radius 1 is 1.33 bits per heavy atom. The normalized spacial score (nSPS) is 24.3. The molecule has 1 aliphatic rings. The van der Waals surface area contributed by atoms with Crippen LogP contribution in [0, 0.1) is 0 Å². The van der Waals surface area contributed by atoms with Crippen molar-refractivity contribution in [1.29, 1.82) is 0 Å². The van der Waals surface area contributed by atoms with Crippen molar-refractivity contribution in [2.24, 2.45) is 5.73 Å². The molecule has 0 bridgehead atoms. The zero-order valence-corrected chi connectivity index (χ0v) is 9.87. The van der Waals surface area contributed by atoms with Gasteiger partial charge in [-0.1, -0.05) is 0 Å². The van der Waals surface area contributed by atoms with Gasteiger partial charge in [0.15, 0.2) is 5.65 Å². The van der Waals surface area contributed by atoms with E-state index in [0.717, 1.165) is 41.3 Å². The smallest absolute Gasteiger partial charge is 0.161 e. The lowest BCUT2D eigenvalue weighted by Gasteiger charge is -2.12. The molecule has 1 aliphatic carbocycles. The second-order valence-electron chi connectivity index (χ2n) is 4.98. The predicted molar refractivity (Wildman–Crippen MR) is 68.0 cm³/mol. The summed E-state index contributed by atoms with van der Waals surface area (Å²) in [7, 11) is 0. The quantitative estimate of drug-likeness (QED) is 0.674. The van der Waals surface area contributed by atoms with Gasteiger partial charge >= 0.3 is 0 Å². The standard InChI is InChI=1S/C12H14N6/c13-7-1-2-8(5-7)18-11-9-3-4-14-12(9)15-6-10(11)16-17-18/h3-4,6-8,17H,1-2,5,13H2. The lowest BCUT2D eigenvalue weighted by molar-refractivity contribution is 0.462. The molecule has 0 amide bonds. The maximum absolute atomic E-state index is 6.00. The van der Waals surface area contributed by atoms with Crippen molar-refractivity contribution in [3.8, 4) is 0 Å². The Morgan fingerprint density at radius 3 is 3.11 bits per heavy atom. The van der Waals surface area contributed by atoms with Crippen LogP contribution in [0.4, 0.5) is 0 Å². The van der Waals surface area contributed by atoms with E-state index in [0.29, 0.717) is 12.1 Å². The van der Waals surface area contributed by atoms with Crippen LogP contribution < -0.4 is 5.73 Å². The average molecular weight is 242 g/mol. The molecule has 92 valence electrons. The van der Waals surface area contributed by atoms with E-state index in [1.807, 2.05) is 6.07 Å². The first-order chi connectivity index (χ1) is 8.83. The topological polar surface area (TPSA) is 85.4 Å². The Hall–Kier alpha value is -1.95. The molecule has 0 radical (unpaired) electrons. The molecular weight excluding hydrogens is 228 g/mol. The Morgan fingerprint density at radius 2 is 2.28 bits per heavy atom. The minimum atomic E-state index is 0.302. The van der Waals surface area contributed by atoms with E-state index in [4.69, 9.17) is 5.73 Å². The number of fused-ring (bicyclic) bond motifs is 3. The van der Waals surface area contributed by atoms with Crippen LogP contribution in [0.2, 0.25) is 0 Å². The second kappa shape index (κ2) is 3.52. The Kier molecular flexibility index (Phi) is 1.96. The largest absolute Gasteiger partial charge is 0.328 e. The number of nitrogens with two attached hydrogens (primary N) is 1. The molecule has 6 heteroatoms. The van der Waals surface area contributed by atoms with Gasteiger partial charge in [0.2, 0.25) is 0 Å². The first-order valence-electron chi connectivity index (χ1n) is 6.24. The minimum absolute atomic E-state index is 0.302. The van der Waals surface area contributed by atoms with Crippen LogP contribution in [-0.4, -0.2) is 31.0 Å². The summed E-state index contributed by atoms with van der Waals surface area (Å²) in [6, 6.07) is 2.70. The molecule has 3 N–H and O–H groups in total. The number of rotatable bonds is 1. The Balaban J connectivity index is 1.97. The number of pyridine rings is 1. The van der Waals surface area contributed by atoms with Crippen molar-refractivity contribution in [3.63, 3.8) is 0 Å². The number of aromatic nitrogens is 5. The van der Waals surface area contributed by atoms with Crippen molar-refractivity contribution in [1.82, 2.24) is 25.0 Å². The van der Waals surface area contributed by atoms with Crippen LogP contribution in [0.3, 0.4) is 0 Å². The molecule has 4 rings (SSSR count). The van der Waals surface area contributed by atoms with E-state index < -0.39 is 0 Å². The van der Waals surface area contributed by atoms with Crippen molar-refractivity contribution >= 4 is 22.1 Å². The van der Waals surface area contributed by atoms with Gasteiger partial charge in [-0.2, -0.15) is 5.10 Å². The molecule has 0 aromatic carbocycles. The number of hydrogen-bond acceptors (Lipinski definition) is 4. The number of nitrogens with one attached hydrogen (secondary N) is 1. The van der Waals surface area contributed by atoms with E-state index in [1.54, 1.807) is 12.4 Å². The second-order valence-corrected chi connectivity index (χ2v) is 4.98. The maximum atomic E-state index is 6.00. The molecule has 3 heterocycles. The third-order valence-corrected chi connectivity index (χ3v) is 3.82. The third kappa shape index (κ3) is 1.29.